The molecule has 1 aliphatic rings. The van der Waals surface area contributed by atoms with Gasteiger partial charge in [0.25, 0.3) is 5.24 Å². The summed E-state index contributed by atoms with van der Waals surface area (Å²) in [4.78, 5) is 23.6. The van der Waals surface area contributed by atoms with E-state index >= 15 is 0 Å². The highest BCUT2D eigenvalue weighted by Gasteiger charge is 2.25. The summed E-state index contributed by atoms with van der Waals surface area (Å²) < 4.78 is 0. The van der Waals surface area contributed by atoms with E-state index in [2.05, 4.69) is 5.32 Å². The normalized spacial score (nSPS) is 18.6. The SMILES string of the molecule is CNCCN1C(=O)CCSC1=O. The van der Waals surface area contributed by atoms with Crippen molar-refractivity contribution in [2.24, 2.45) is 0 Å². The molecule has 1 saturated heterocycles. The van der Waals surface area contributed by atoms with E-state index in [0.717, 1.165) is 0 Å². The Labute approximate surface area is 75.7 Å². The zero-order valence-corrected chi connectivity index (χ0v) is 7.82. The molecule has 0 aromatic carbocycles. The maximum absolute atomic E-state index is 11.2. The molecule has 5 heteroatoms. The summed E-state index contributed by atoms with van der Waals surface area (Å²) in [5.41, 5.74) is 0. The summed E-state index contributed by atoms with van der Waals surface area (Å²) in [7, 11) is 1.80. The van der Waals surface area contributed by atoms with Gasteiger partial charge in [-0.2, -0.15) is 0 Å². The van der Waals surface area contributed by atoms with Gasteiger partial charge in [-0.05, 0) is 7.05 Å². The van der Waals surface area contributed by atoms with Gasteiger partial charge in [0.2, 0.25) is 5.91 Å². The monoisotopic (exact) mass is 188 g/mol. The molecule has 0 aliphatic carbocycles. The Kier molecular flexibility index (Phi) is 3.55. The quantitative estimate of drug-likeness (QED) is 0.691. The van der Waals surface area contributed by atoms with Crippen LogP contribution in [0.2, 0.25) is 0 Å². The topological polar surface area (TPSA) is 49.4 Å². The van der Waals surface area contributed by atoms with Crippen LogP contribution in [0, 0.1) is 0 Å². The van der Waals surface area contributed by atoms with Gasteiger partial charge in [-0.15, -0.1) is 0 Å². The van der Waals surface area contributed by atoms with E-state index < -0.39 is 0 Å². The van der Waals surface area contributed by atoms with Crippen molar-refractivity contribution in [1.29, 1.82) is 0 Å². The lowest BCUT2D eigenvalue weighted by Gasteiger charge is -2.23. The van der Waals surface area contributed by atoms with Gasteiger partial charge in [0, 0.05) is 25.3 Å². The number of carbonyl (C=O) groups excluding carboxylic acids is 2. The molecule has 0 aromatic rings. The molecule has 0 bridgehead atoms. The largest absolute Gasteiger partial charge is 0.318 e. The lowest BCUT2D eigenvalue weighted by molar-refractivity contribution is -0.127. The number of hydrogen-bond acceptors (Lipinski definition) is 4. The molecule has 68 valence electrons. The van der Waals surface area contributed by atoms with E-state index in [4.69, 9.17) is 0 Å². The maximum atomic E-state index is 11.2. The molecule has 1 aliphatic heterocycles. The second-order valence-corrected chi connectivity index (χ2v) is 3.56. The van der Waals surface area contributed by atoms with Crippen LogP contribution >= 0.6 is 11.8 Å². The predicted molar refractivity (Wildman–Crippen MR) is 48.1 cm³/mol. The third-order valence-corrected chi connectivity index (χ3v) is 2.52. The number of rotatable bonds is 3. The van der Waals surface area contributed by atoms with Crippen LogP contribution < -0.4 is 5.32 Å². The molecule has 0 saturated carbocycles. The Balaban J connectivity index is 2.45. The van der Waals surface area contributed by atoms with Gasteiger partial charge in [-0.25, -0.2) is 0 Å². The smallest absolute Gasteiger partial charge is 0.288 e. The van der Waals surface area contributed by atoms with E-state index in [0.29, 0.717) is 25.3 Å². The van der Waals surface area contributed by atoms with Crippen molar-refractivity contribution in [3.63, 3.8) is 0 Å². The Bertz CT molecular complexity index is 180. The number of carbonyl (C=O) groups is 2. The van der Waals surface area contributed by atoms with Gasteiger partial charge in [0.1, 0.15) is 0 Å². The summed E-state index contributed by atoms with van der Waals surface area (Å²) in [6.45, 7) is 1.15. The number of likely N-dealkylation sites (N-methyl/N-ethyl adjacent to an activating group) is 1. The molecule has 0 aromatic heterocycles. The minimum absolute atomic E-state index is 0.0472. The van der Waals surface area contributed by atoms with Crippen LogP contribution in [0.15, 0.2) is 0 Å². The number of thioether (sulfide) groups is 1. The highest BCUT2D eigenvalue weighted by atomic mass is 32.2. The van der Waals surface area contributed by atoms with Gasteiger partial charge >= 0.3 is 0 Å². The first-order chi connectivity index (χ1) is 5.75. The van der Waals surface area contributed by atoms with Gasteiger partial charge in [-0.3, -0.25) is 14.5 Å². The molecule has 0 spiro atoms. The predicted octanol–water partition coefficient (Wildman–Crippen LogP) is 0.291. The fourth-order valence-electron chi connectivity index (χ4n) is 0.980. The van der Waals surface area contributed by atoms with E-state index in [1.807, 2.05) is 0 Å². The Morgan fingerprint density at radius 1 is 1.58 bits per heavy atom. The van der Waals surface area contributed by atoms with Crippen LogP contribution in [0.3, 0.4) is 0 Å². The van der Waals surface area contributed by atoms with Crippen molar-refractivity contribution in [2.45, 2.75) is 6.42 Å². The molecule has 2 amide bonds. The van der Waals surface area contributed by atoms with Gasteiger partial charge < -0.3 is 5.32 Å². The van der Waals surface area contributed by atoms with Crippen molar-refractivity contribution in [1.82, 2.24) is 10.2 Å². The molecule has 1 N–H and O–H groups in total. The van der Waals surface area contributed by atoms with Crippen molar-refractivity contribution >= 4 is 22.9 Å². The molecule has 0 unspecified atom stereocenters. The van der Waals surface area contributed by atoms with Gasteiger partial charge in [0.15, 0.2) is 0 Å². The lowest BCUT2D eigenvalue weighted by atomic mass is 10.4. The fourth-order valence-corrected chi connectivity index (χ4v) is 1.78. The summed E-state index contributed by atoms with van der Waals surface area (Å²) in [6, 6.07) is 0. The molecule has 0 atom stereocenters. The van der Waals surface area contributed by atoms with Crippen molar-refractivity contribution in [2.75, 3.05) is 25.9 Å². The van der Waals surface area contributed by atoms with Crippen LogP contribution in [0.25, 0.3) is 0 Å². The molecule has 4 nitrogen and oxygen atoms in total. The molecular weight excluding hydrogens is 176 g/mol. The van der Waals surface area contributed by atoms with Crippen LogP contribution in [-0.2, 0) is 4.79 Å². The van der Waals surface area contributed by atoms with E-state index in [-0.39, 0.29) is 11.1 Å². The Morgan fingerprint density at radius 2 is 2.33 bits per heavy atom. The first-order valence-electron chi connectivity index (χ1n) is 3.87. The first-order valence-corrected chi connectivity index (χ1v) is 4.86. The molecular formula is C7H12N2O2S. The highest BCUT2D eigenvalue weighted by molar-refractivity contribution is 8.13. The summed E-state index contributed by atoms with van der Waals surface area (Å²) in [6.07, 6.45) is 0.486. The number of imide groups is 1. The van der Waals surface area contributed by atoms with Crippen LogP contribution in [-0.4, -0.2) is 41.9 Å². The minimum atomic E-state index is -0.110. The zero-order valence-electron chi connectivity index (χ0n) is 7.00. The summed E-state index contributed by atoms with van der Waals surface area (Å²) >= 11 is 1.22. The summed E-state index contributed by atoms with van der Waals surface area (Å²) in [5.74, 6) is 0.585. The number of nitrogens with zero attached hydrogens (tertiary/aromatic N) is 1. The number of hydrogen-bond donors (Lipinski definition) is 1. The standard InChI is InChI=1S/C7H12N2O2S/c1-8-3-4-9-6(10)2-5-12-7(9)11/h8H,2-5H2,1H3. The Morgan fingerprint density at radius 3 is 2.92 bits per heavy atom. The average molecular weight is 188 g/mol. The van der Waals surface area contributed by atoms with E-state index in [1.165, 1.54) is 16.7 Å². The van der Waals surface area contributed by atoms with Gasteiger partial charge in [-0.1, -0.05) is 11.8 Å². The molecule has 0 radical (unpaired) electrons. The first kappa shape index (κ1) is 9.54. The number of nitrogens with one attached hydrogen (secondary N) is 1. The van der Waals surface area contributed by atoms with Crippen LogP contribution in [0.5, 0.6) is 0 Å². The second-order valence-electron chi connectivity index (χ2n) is 2.51. The molecule has 1 fully saturated rings. The van der Waals surface area contributed by atoms with Crippen molar-refractivity contribution in [3.05, 3.63) is 0 Å². The average Bonchev–Trinajstić information content (AvgIpc) is 2.04. The third-order valence-electron chi connectivity index (χ3n) is 1.65. The highest BCUT2D eigenvalue weighted by Crippen LogP contribution is 2.17. The number of amides is 2. The lowest BCUT2D eigenvalue weighted by Crippen LogP contribution is -2.41. The Hall–Kier alpha value is -0.550. The fraction of sp³-hybridized carbons (Fsp3) is 0.714. The zero-order chi connectivity index (χ0) is 8.97. The van der Waals surface area contributed by atoms with Crippen LogP contribution in [0.1, 0.15) is 6.42 Å². The summed E-state index contributed by atoms with van der Waals surface area (Å²) in [5, 5.41) is 2.79. The minimum Gasteiger partial charge on any atom is -0.318 e. The second kappa shape index (κ2) is 4.47. The molecule has 1 heterocycles. The molecule has 12 heavy (non-hydrogen) atoms. The van der Waals surface area contributed by atoms with Crippen molar-refractivity contribution in [3.8, 4) is 0 Å². The molecule has 1 rings (SSSR count). The van der Waals surface area contributed by atoms with Gasteiger partial charge in [0.05, 0.1) is 0 Å². The van der Waals surface area contributed by atoms with Crippen molar-refractivity contribution < 1.29 is 9.59 Å². The third kappa shape index (κ3) is 2.22. The maximum Gasteiger partial charge on any atom is 0.288 e. The van der Waals surface area contributed by atoms with Crippen LogP contribution in [0.4, 0.5) is 4.79 Å². The van der Waals surface area contributed by atoms with E-state index in [1.54, 1.807) is 7.05 Å². The van der Waals surface area contributed by atoms with E-state index in [9.17, 15) is 9.59 Å².